The number of pyridine rings is 2. The van der Waals surface area contributed by atoms with Crippen LogP contribution in [0, 0.1) is 0 Å². The third-order valence-corrected chi connectivity index (χ3v) is 6.72. The van der Waals surface area contributed by atoms with E-state index in [0.717, 1.165) is 22.8 Å². The highest BCUT2D eigenvalue weighted by Gasteiger charge is 2.18. The molecule has 178 valence electrons. The Hall–Kier alpha value is -4.07. The molecule has 5 rings (SSSR count). The van der Waals surface area contributed by atoms with Gasteiger partial charge in [-0.05, 0) is 30.3 Å². The Morgan fingerprint density at radius 1 is 0.917 bits per heavy atom. The van der Waals surface area contributed by atoms with Gasteiger partial charge in [0.1, 0.15) is 5.69 Å². The Bertz CT molecular complexity index is 1660. The highest BCUT2D eigenvalue weighted by Crippen LogP contribution is 2.42. The second kappa shape index (κ2) is 9.53. The number of rotatable bonds is 6. The van der Waals surface area contributed by atoms with E-state index in [-0.39, 0.29) is 5.88 Å². The molecule has 0 aliphatic heterocycles. The molecule has 0 spiro atoms. The molecule has 0 unspecified atom stereocenters. The maximum absolute atomic E-state index is 11.3. The molecule has 0 aliphatic carbocycles. The second-order valence-corrected chi connectivity index (χ2v) is 8.72. The van der Waals surface area contributed by atoms with Gasteiger partial charge in [-0.25, -0.2) is 4.98 Å². The zero-order valence-corrected chi connectivity index (χ0v) is 20.7. The number of carbonyl (C=O) groups excluding carboxylic acids is 2. The van der Waals surface area contributed by atoms with Crippen LogP contribution in [0.3, 0.4) is 0 Å². The SMILES string of the molecule is COc1nc(-c2cccc(-c3ccnc(-c4ccc5c(C=O)nn(C)c5c4)c3Cl)c2Cl)ccc1C=O. The Morgan fingerprint density at radius 2 is 1.69 bits per heavy atom. The van der Waals surface area contributed by atoms with Gasteiger partial charge in [0.05, 0.1) is 39.6 Å². The number of nitrogens with zero attached hydrogens (tertiary/aromatic N) is 4. The van der Waals surface area contributed by atoms with Gasteiger partial charge in [0.25, 0.3) is 0 Å². The molecular weight excluding hydrogens is 499 g/mol. The minimum Gasteiger partial charge on any atom is -0.480 e. The first-order valence-electron chi connectivity index (χ1n) is 10.8. The van der Waals surface area contributed by atoms with Gasteiger partial charge in [0.2, 0.25) is 5.88 Å². The first-order chi connectivity index (χ1) is 17.5. The summed E-state index contributed by atoms with van der Waals surface area (Å²) in [6.07, 6.45) is 3.10. The van der Waals surface area contributed by atoms with Crippen molar-refractivity contribution in [1.82, 2.24) is 19.7 Å². The van der Waals surface area contributed by atoms with Crippen molar-refractivity contribution in [3.8, 4) is 39.5 Å². The number of aromatic nitrogens is 4. The van der Waals surface area contributed by atoms with Crippen molar-refractivity contribution in [2.45, 2.75) is 0 Å². The maximum atomic E-state index is 11.3. The molecule has 9 heteroatoms. The minimum atomic E-state index is 0.219. The number of hydrogen-bond acceptors (Lipinski definition) is 6. The smallest absolute Gasteiger partial charge is 0.224 e. The summed E-state index contributed by atoms with van der Waals surface area (Å²) in [6.45, 7) is 0. The molecule has 0 bridgehead atoms. The van der Waals surface area contributed by atoms with Crippen LogP contribution in [0.2, 0.25) is 10.0 Å². The number of hydrogen-bond donors (Lipinski definition) is 0. The van der Waals surface area contributed by atoms with Gasteiger partial charge in [0.15, 0.2) is 12.6 Å². The monoisotopic (exact) mass is 516 g/mol. The lowest BCUT2D eigenvalue weighted by Gasteiger charge is -2.14. The van der Waals surface area contributed by atoms with E-state index in [1.165, 1.54) is 7.11 Å². The fourth-order valence-electron chi connectivity index (χ4n) is 4.16. The summed E-state index contributed by atoms with van der Waals surface area (Å²) in [6, 6.07) is 16.3. The molecule has 0 amide bonds. The number of fused-ring (bicyclic) bond motifs is 1. The third-order valence-electron chi connectivity index (χ3n) is 5.93. The van der Waals surface area contributed by atoms with Crippen LogP contribution in [0.15, 0.2) is 60.8 Å². The Morgan fingerprint density at radius 3 is 2.44 bits per heavy atom. The molecule has 0 saturated carbocycles. The summed E-state index contributed by atoms with van der Waals surface area (Å²) < 4.78 is 6.89. The number of aryl methyl sites for hydroxylation is 1. The van der Waals surface area contributed by atoms with Crippen LogP contribution < -0.4 is 4.74 Å². The maximum Gasteiger partial charge on any atom is 0.224 e. The van der Waals surface area contributed by atoms with Crippen molar-refractivity contribution in [3.63, 3.8) is 0 Å². The minimum absolute atomic E-state index is 0.219. The van der Waals surface area contributed by atoms with E-state index in [9.17, 15) is 9.59 Å². The molecule has 0 fully saturated rings. The van der Waals surface area contributed by atoms with Crippen molar-refractivity contribution in [2.75, 3.05) is 7.11 Å². The number of carbonyl (C=O) groups is 2. The molecule has 36 heavy (non-hydrogen) atoms. The molecule has 3 heterocycles. The van der Waals surface area contributed by atoms with Crippen molar-refractivity contribution in [2.24, 2.45) is 7.05 Å². The zero-order valence-electron chi connectivity index (χ0n) is 19.2. The van der Waals surface area contributed by atoms with E-state index in [1.807, 2.05) is 36.4 Å². The van der Waals surface area contributed by atoms with E-state index in [0.29, 0.717) is 55.7 Å². The molecule has 0 atom stereocenters. The molecule has 0 N–H and O–H groups in total. The first kappa shape index (κ1) is 23.7. The Kier molecular flexibility index (Phi) is 6.26. The summed E-state index contributed by atoms with van der Waals surface area (Å²) in [7, 11) is 3.23. The fourth-order valence-corrected chi connectivity index (χ4v) is 4.81. The van der Waals surface area contributed by atoms with Gasteiger partial charge in [-0.3, -0.25) is 19.3 Å². The van der Waals surface area contributed by atoms with Crippen molar-refractivity contribution in [1.29, 1.82) is 0 Å². The predicted molar refractivity (Wildman–Crippen MR) is 140 cm³/mol. The van der Waals surface area contributed by atoms with Crippen LogP contribution in [0.4, 0.5) is 0 Å². The largest absolute Gasteiger partial charge is 0.480 e. The summed E-state index contributed by atoms with van der Waals surface area (Å²) in [4.78, 5) is 31.5. The van der Waals surface area contributed by atoms with E-state index >= 15 is 0 Å². The van der Waals surface area contributed by atoms with E-state index < -0.39 is 0 Å². The number of methoxy groups -OCH3 is 1. The lowest BCUT2D eigenvalue weighted by Crippen LogP contribution is -1.96. The molecule has 5 aromatic rings. The van der Waals surface area contributed by atoms with Gasteiger partial charge in [-0.15, -0.1) is 0 Å². The lowest BCUT2D eigenvalue weighted by atomic mass is 9.99. The topological polar surface area (TPSA) is 87.0 Å². The van der Waals surface area contributed by atoms with Gasteiger partial charge >= 0.3 is 0 Å². The molecule has 3 aromatic heterocycles. The second-order valence-electron chi connectivity index (χ2n) is 7.96. The highest BCUT2D eigenvalue weighted by molar-refractivity contribution is 6.39. The average molecular weight is 517 g/mol. The summed E-state index contributed by atoms with van der Waals surface area (Å²) >= 11 is 13.7. The summed E-state index contributed by atoms with van der Waals surface area (Å²) in [5.41, 5.74) is 5.48. The third kappa shape index (κ3) is 3.92. The molecular formula is C27H18Cl2N4O3. The highest BCUT2D eigenvalue weighted by atomic mass is 35.5. The molecule has 7 nitrogen and oxygen atoms in total. The van der Waals surface area contributed by atoms with E-state index in [4.69, 9.17) is 27.9 Å². The number of halogens is 2. The van der Waals surface area contributed by atoms with Crippen LogP contribution in [0.25, 0.3) is 44.5 Å². The predicted octanol–water partition coefficient (Wildman–Crippen LogP) is 6.30. The van der Waals surface area contributed by atoms with Gasteiger partial charge in [0, 0.05) is 40.9 Å². The lowest BCUT2D eigenvalue weighted by molar-refractivity contribution is 0.111. The quantitative estimate of drug-likeness (QED) is 0.246. The molecule has 2 aromatic carbocycles. The van der Waals surface area contributed by atoms with Crippen LogP contribution in [-0.4, -0.2) is 39.4 Å². The zero-order chi connectivity index (χ0) is 25.4. The van der Waals surface area contributed by atoms with Crippen LogP contribution in [0.5, 0.6) is 5.88 Å². The Labute approximate surface area is 216 Å². The van der Waals surface area contributed by atoms with Gasteiger partial charge < -0.3 is 4.74 Å². The van der Waals surface area contributed by atoms with Crippen molar-refractivity contribution < 1.29 is 14.3 Å². The first-order valence-corrected chi connectivity index (χ1v) is 11.6. The van der Waals surface area contributed by atoms with E-state index in [2.05, 4.69) is 15.1 Å². The van der Waals surface area contributed by atoms with Crippen LogP contribution >= 0.6 is 23.2 Å². The van der Waals surface area contributed by atoms with E-state index in [1.54, 1.807) is 36.1 Å². The molecule has 0 radical (unpaired) electrons. The van der Waals surface area contributed by atoms with Crippen LogP contribution in [0.1, 0.15) is 20.8 Å². The normalized spacial score (nSPS) is 11.0. The molecule has 0 aliphatic rings. The Balaban J connectivity index is 1.62. The van der Waals surface area contributed by atoms with Gasteiger partial charge in [-0.2, -0.15) is 5.10 Å². The summed E-state index contributed by atoms with van der Waals surface area (Å²) in [5, 5.41) is 5.87. The number of aldehydes is 2. The summed E-state index contributed by atoms with van der Waals surface area (Å²) in [5.74, 6) is 0.219. The average Bonchev–Trinajstić information content (AvgIpc) is 3.23. The van der Waals surface area contributed by atoms with Crippen molar-refractivity contribution in [3.05, 3.63) is 82.1 Å². The number of ether oxygens (including phenoxy) is 1. The van der Waals surface area contributed by atoms with Crippen molar-refractivity contribution >= 4 is 46.7 Å². The van der Waals surface area contributed by atoms with Gasteiger partial charge in [-0.1, -0.05) is 47.5 Å². The number of benzene rings is 2. The van der Waals surface area contributed by atoms with Crippen LogP contribution in [-0.2, 0) is 7.05 Å². The molecule has 0 saturated heterocycles. The fraction of sp³-hybridized carbons (Fsp3) is 0.0741. The standard InChI is InChI=1S/C27H18Cl2N4O3/c1-33-23-12-15(6-8-19(23)22(14-35)32-33)26-25(29)18(10-11-30-26)17-4-3-5-20(24(17)28)21-9-7-16(13-34)27(31-21)36-2/h3-14H,1-2H3.